The first-order chi connectivity index (χ1) is 5.94. The highest BCUT2D eigenvalue weighted by molar-refractivity contribution is 5.84. The molecular formula is C9H20N2O2. The zero-order valence-corrected chi connectivity index (χ0v) is 9.10. The van der Waals surface area contributed by atoms with Gasteiger partial charge in [0.15, 0.2) is 0 Å². The minimum atomic E-state index is -0.743. The zero-order valence-electron chi connectivity index (χ0n) is 9.10. The van der Waals surface area contributed by atoms with Gasteiger partial charge in [0.25, 0.3) is 5.91 Å². The molecule has 0 aliphatic carbocycles. The van der Waals surface area contributed by atoms with Gasteiger partial charge in [-0.15, -0.1) is 0 Å². The number of amides is 1. The van der Waals surface area contributed by atoms with E-state index in [1.165, 1.54) is 7.11 Å². The van der Waals surface area contributed by atoms with Crippen molar-refractivity contribution in [1.29, 1.82) is 0 Å². The minimum Gasteiger partial charge on any atom is -0.369 e. The van der Waals surface area contributed by atoms with E-state index in [0.29, 0.717) is 6.54 Å². The van der Waals surface area contributed by atoms with Gasteiger partial charge in [-0.25, -0.2) is 0 Å². The summed E-state index contributed by atoms with van der Waals surface area (Å²) in [5.74, 6) is -0.0860. The van der Waals surface area contributed by atoms with Crippen LogP contribution < -0.4 is 10.6 Å². The molecule has 0 aromatic carbocycles. The average molecular weight is 188 g/mol. The maximum atomic E-state index is 11.5. The van der Waals surface area contributed by atoms with Crippen molar-refractivity contribution < 1.29 is 9.53 Å². The van der Waals surface area contributed by atoms with Crippen LogP contribution >= 0.6 is 0 Å². The second-order valence-electron chi connectivity index (χ2n) is 3.61. The first kappa shape index (κ1) is 12.4. The Morgan fingerprint density at radius 3 is 2.46 bits per heavy atom. The lowest BCUT2D eigenvalue weighted by Gasteiger charge is -2.22. The van der Waals surface area contributed by atoms with Crippen LogP contribution in [0.15, 0.2) is 0 Å². The van der Waals surface area contributed by atoms with E-state index in [1.54, 1.807) is 13.8 Å². The fourth-order valence-electron chi connectivity index (χ4n) is 0.653. The number of nitrogens with one attached hydrogen (secondary N) is 2. The van der Waals surface area contributed by atoms with Crippen LogP contribution in [0.4, 0.5) is 0 Å². The monoisotopic (exact) mass is 188 g/mol. The van der Waals surface area contributed by atoms with Gasteiger partial charge >= 0.3 is 0 Å². The highest BCUT2D eigenvalue weighted by atomic mass is 16.5. The highest BCUT2D eigenvalue weighted by Crippen LogP contribution is 2.06. The Morgan fingerprint density at radius 1 is 1.54 bits per heavy atom. The molecule has 1 amide bonds. The van der Waals surface area contributed by atoms with E-state index in [0.717, 1.165) is 0 Å². The van der Waals surface area contributed by atoms with Crippen molar-refractivity contribution in [2.24, 2.45) is 0 Å². The number of rotatable bonds is 5. The molecule has 0 bridgehead atoms. The molecular weight excluding hydrogens is 168 g/mol. The van der Waals surface area contributed by atoms with Crippen LogP contribution in [0.1, 0.15) is 20.8 Å². The number of methoxy groups -OCH3 is 1. The van der Waals surface area contributed by atoms with Crippen molar-refractivity contribution >= 4 is 5.91 Å². The standard InChI is InChI=1S/C9H20N2O2/c1-7(10-4)6-11-8(12)9(2,3)13-5/h7,10H,6H2,1-5H3,(H,11,12). The average Bonchev–Trinajstić information content (AvgIpc) is 2.13. The SMILES string of the molecule is CNC(C)CNC(=O)C(C)(C)OC. The van der Waals surface area contributed by atoms with E-state index < -0.39 is 5.60 Å². The summed E-state index contributed by atoms with van der Waals surface area (Å²) < 4.78 is 5.03. The lowest BCUT2D eigenvalue weighted by atomic mass is 10.1. The normalized spacial score (nSPS) is 13.9. The third kappa shape index (κ3) is 4.24. The highest BCUT2D eigenvalue weighted by Gasteiger charge is 2.26. The van der Waals surface area contributed by atoms with Crippen LogP contribution in [0.2, 0.25) is 0 Å². The summed E-state index contributed by atoms with van der Waals surface area (Å²) in [5.41, 5.74) is -0.743. The third-order valence-corrected chi connectivity index (χ3v) is 2.12. The Labute approximate surface area is 80.0 Å². The Balaban J connectivity index is 3.88. The van der Waals surface area contributed by atoms with E-state index >= 15 is 0 Å². The lowest BCUT2D eigenvalue weighted by molar-refractivity contribution is -0.139. The molecule has 0 fully saturated rings. The minimum absolute atomic E-state index is 0.0860. The van der Waals surface area contributed by atoms with Crippen LogP contribution in [0.3, 0.4) is 0 Å². The van der Waals surface area contributed by atoms with Crippen LogP contribution in [-0.4, -0.2) is 38.3 Å². The molecule has 0 rings (SSSR count). The number of hydrogen-bond donors (Lipinski definition) is 2. The van der Waals surface area contributed by atoms with E-state index in [-0.39, 0.29) is 11.9 Å². The molecule has 0 aliphatic heterocycles. The molecule has 4 nitrogen and oxygen atoms in total. The Hall–Kier alpha value is -0.610. The predicted octanol–water partition coefficient (Wildman–Crippen LogP) is 0.136. The molecule has 1 unspecified atom stereocenters. The van der Waals surface area contributed by atoms with Crippen LogP contribution in [0, 0.1) is 0 Å². The van der Waals surface area contributed by atoms with Crippen molar-refractivity contribution in [1.82, 2.24) is 10.6 Å². The summed E-state index contributed by atoms with van der Waals surface area (Å²) in [6, 6.07) is 0.275. The third-order valence-electron chi connectivity index (χ3n) is 2.12. The number of hydrogen-bond acceptors (Lipinski definition) is 3. The van der Waals surface area contributed by atoms with Gasteiger partial charge in [-0.05, 0) is 27.8 Å². The number of ether oxygens (including phenoxy) is 1. The molecule has 13 heavy (non-hydrogen) atoms. The van der Waals surface area contributed by atoms with E-state index in [4.69, 9.17) is 4.74 Å². The van der Waals surface area contributed by atoms with Gasteiger partial charge in [-0.1, -0.05) is 0 Å². The van der Waals surface area contributed by atoms with Gasteiger partial charge in [0.1, 0.15) is 5.60 Å². The van der Waals surface area contributed by atoms with E-state index in [1.807, 2.05) is 14.0 Å². The summed E-state index contributed by atoms with van der Waals surface area (Å²) in [7, 11) is 3.39. The van der Waals surface area contributed by atoms with Crippen LogP contribution in [0.25, 0.3) is 0 Å². The molecule has 0 aliphatic rings. The molecule has 0 aromatic rings. The molecule has 2 N–H and O–H groups in total. The number of carbonyl (C=O) groups excluding carboxylic acids is 1. The van der Waals surface area contributed by atoms with Crippen molar-refractivity contribution in [2.45, 2.75) is 32.4 Å². The first-order valence-electron chi connectivity index (χ1n) is 4.44. The fourth-order valence-corrected chi connectivity index (χ4v) is 0.653. The number of likely N-dealkylation sites (N-methyl/N-ethyl adjacent to an activating group) is 1. The zero-order chi connectivity index (χ0) is 10.5. The summed E-state index contributed by atoms with van der Waals surface area (Å²) in [5, 5.41) is 5.83. The maximum Gasteiger partial charge on any atom is 0.251 e. The summed E-state index contributed by atoms with van der Waals surface area (Å²) in [6.07, 6.45) is 0. The van der Waals surface area contributed by atoms with Gasteiger partial charge in [-0.3, -0.25) is 4.79 Å². The summed E-state index contributed by atoms with van der Waals surface area (Å²) in [6.45, 7) is 6.10. The van der Waals surface area contributed by atoms with Gasteiger partial charge < -0.3 is 15.4 Å². The largest absolute Gasteiger partial charge is 0.369 e. The van der Waals surface area contributed by atoms with Crippen molar-refractivity contribution in [3.05, 3.63) is 0 Å². The molecule has 0 heterocycles. The Kier molecular flexibility index (Phi) is 4.95. The molecule has 0 spiro atoms. The van der Waals surface area contributed by atoms with Gasteiger partial charge in [0.2, 0.25) is 0 Å². The first-order valence-corrected chi connectivity index (χ1v) is 4.44. The van der Waals surface area contributed by atoms with E-state index in [2.05, 4.69) is 10.6 Å². The Morgan fingerprint density at radius 2 is 2.08 bits per heavy atom. The molecule has 0 saturated heterocycles. The second-order valence-corrected chi connectivity index (χ2v) is 3.61. The van der Waals surface area contributed by atoms with Gasteiger partial charge in [-0.2, -0.15) is 0 Å². The lowest BCUT2D eigenvalue weighted by Crippen LogP contribution is -2.47. The fraction of sp³-hybridized carbons (Fsp3) is 0.889. The van der Waals surface area contributed by atoms with Crippen LogP contribution in [0.5, 0.6) is 0 Å². The molecule has 78 valence electrons. The molecule has 0 aromatic heterocycles. The summed E-state index contributed by atoms with van der Waals surface area (Å²) in [4.78, 5) is 11.5. The molecule has 1 atom stereocenters. The molecule has 0 radical (unpaired) electrons. The maximum absolute atomic E-state index is 11.5. The Bertz CT molecular complexity index is 169. The van der Waals surface area contributed by atoms with Gasteiger partial charge in [0, 0.05) is 19.7 Å². The summed E-state index contributed by atoms with van der Waals surface area (Å²) >= 11 is 0. The number of carbonyl (C=O) groups is 1. The van der Waals surface area contributed by atoms with E-state index in [9.17, 15) is 4.79 Å². The van der Waals surface area contributed by atoms with Crippen LogP contribution in [-0.2, 0) is 9.53 Å². The molecule has 4 heteroatoms. The predicted molar refractivity (Wildman–Crippen MR) is 52.6 cm³/mol. The molecule has 0 saturated carbocycles. The van der Waals surface area contributed by atoms with Crippen molar-refractivity contribution in [3.63, 3.8) is 0 Å². The smallest absolute Gasteiger partial charge is 0.251 e. The van der Waals surface area contributed by atoms with Gasteiger partial charge in [0.05, 0.1) is 0 Å². The quantitative estimate of drug-likeness (QED) is 0.645. The topological polar surface area (TPSA) is 50.4 Å². The van der Waals surface area contributed by atoms with Crippen molar-refractivity contribution in [2.75, 3.05) is 20.7 Å². The van der Waals surface area contributed by atoms with Crippen molar-refractivity contribution in [3.8, 4) is 0 Å². The second kappa shape index (κ2) is 5.19.